The van der Waals surface area contributed by atoms with Crippen LogP contribution in [0.5, 0.6) is 0 Å². The van der Waals surface area contributed by atoms with Crippen molar-refractivity contribution in [3.8, 4) is 11.8 Å². The zero-order chi connectivity index (χ0) is 17.9. The molecule has 0 aliphatic heterocycles. The summed E-state index contributed by atoms with van der Waals surface area (Å²) < 4.78 is 0. The quantitative estimate of drug-likeness (QED) is 0.505. The topological polar surface area (TPSA) is 0 Å². The van der Waals surface area contributed by atoms with E-state index in [1.54, 1.807) is 11.1 Å². The molecule has 1 heteroatoms. The number of halogens is 1. The van der Waals surface area contributed by atoms with Gasteiger partial charge in [0.1, 0.15) is 0 Å². The van der Waals surface area contributed by atoms with E-state index in [0.29, 0.717) is 0 Å². The van der Waals surface area contributed by atoms with Crippen LogP contribution in [0, 0.1) is 23.7 Å². The summed E-state index contributed by atoms with van der Waals surface area (Å²) in [5, 5.41) is 0.757. The van der Waals surface area contributed by atoms with Gasteiger partial charge in [0.15, 0.2) is 0 Å². The molecular formula is C25H27Cl. The standard InChI is InChI=1S/C25H27Cl/c1-2-3-19-8-14-24-21(16-19)10-11-22-17-20(9-15-25(22)24)5-4-18-6-12-23(26)13-7-18/h6-7,9,12-13,15,17,19,21,24H,2-3,8,10-11,14,16H2,1H3/t19-,21-,24+/m1/s1. The Morgan fingerprint density at radius 1 is 0.962 bits per heavy atom. The third-order valence-electron chi connectivity index (χ3n) is 6.31. The van der Waals surface area contributed by atoms with Crippen LogP contribution >= 0.6 is 11.6 Å². The Balaban J connectivity index is 1.51. The zero-order valence-corrected chi connectivity index (χ0v) is 16.4. The van der Waals surface area contributed by atoms with Crippen molar-refractivity contribution >= 4 is 11.6 Å². The van der Waals surface area contributed by atoms with Crippen LogP contribution in [0.25, 0.3) is 0 Å². The van der Waals surface area contributed by atoms with E-state index in [9.17, 15) is 0 Å². The SMILES string of the molecule is CCC[C@@H]1CC[C@@H]2c3ccc(C#Cc4ccc(Cl)cc4)cc3CC[C@@H]2C1. The molecule has 2 aromatic rings. The van der Waals surface area contributed by atoms with Crippen molar-refractivity contribution < 1.29 is 0 Å². The highest BCUT2D eigenvalue weighted by atomic mass is 35.5. The summed E-state index contributed by atoms with van der Waals surface area (Å²) in [7, 11) is 0. The van der Waals surface area contributed by atoms with Crippen molar-refractivity contribution in [3.05, 3.63) is 69.7 Å². The van der Waals surface area contributed by atoms with Gasteiger partial charge in [-0.05, 0) is 97.4 Å². The number of aryl methyl sites for hydroxylation is 1. The third kappa shape index (κ3) is 3.84. The van der Waals surface area contributed by atoms with E-state index in [1.165, 1.54) is 44.9 Å². The second kappa shape index (κ2) is 7.89. The van der Waals surface area contributed by atoms with Crippen LogP contribution in [0.1, 0.15) is 73.6 Å². The number of hydrogen-bond donors (Lipinski definition) is 0. The van der Waals surface area contributed by atoms with Gasteiger partial charge in [0.2, 0.25) is 0 Å². The predicted octanol–water partition coefficient (Wildman–Crippen LogP) is 6.99. The number of rotatable bonds is 2. The summed E-state index contributed by atoms with van der Waals surface area (Å²) >= 11 is 5.94. The first-order chi connectivity index (χ1) is 12.7. The molecule has 0 N–H and O–H groups in total. The van der Waals surface area contributed by atoms with Crippen LogP contribution in [-0.2, 0) is 6.42 Å². The molecule has 0 amide bonds. The number of hydrogen-bond acceptors (Lipinski definition) is 0. The van der Waals surface area contributed by atoms with Crippen LogP contribution < -0.4 is 0 Å². The Hall–Kier alpha value is -1.71. The summed E-state index contributed by atoms with van der Waals surface area (Å²) in [4.78, 5) is 0. The molecule has 0 saturated heterocycles. The molecule has 134 valence electrons. The molecule has 26 heavy (non-hydrogen) atoms. The Morgan fingerprint density at radius 2 is 1.73 bits per heavy atom. The minimum atomic E-state index is 0.757. The summed E-state index contributed by atoms with van der Waals surface area (Å²) in [6.07, 6.45) is 9.63. The van der Waals surface area contributed by atoms with Crippen molar-refractivity contribution in [2.45, 2.75) is 57.8 Å². The fraction of sp³-hybridized carbons (Fsp3) is 0.440. The van der Waals surface area contributed by atoms with Gasteiger partial charge < -0.3 is 0 Å². The van der Waals surface area contributed by atoms with Crippen LogP contribution in [0.3, 0.4) is 0 Å². The summed E-state index contributed by atoms with van der Waals surface area (Å²) in [6, 6.07) is 14.7. The fourth-order valence-electron chi connectivity index (χ4n) is 5.04. The van der Waals surface area contributed by atoms with Crippen LogP contribution in [0.4, 0.5) is 0 Å². The van der Waals surface area contributed by atoms with Crippen molar-refractivity contribution in [2.24, 2.45) is 11.8 Å². The van der Waals surface area contributed by atoms with Crippen molar-refractivity contribution in [3.63, 3.8) is 0 Å². The minimum absolute atomic E-state index is 0.757. The molecule has 1 saturated carbocycles. The first-order valence-electron chi connectivity index (χ1n) is 10.1. The van der Waals surface area contributed by atoms with Gasteiger partial charge in [-0.25, -0.2) is 0 Å². The van der Waals surface area contributed by atoms with E-state index in [2.05, 4.69) is 37.0 Å². The minimum Gasteiger partial charge on any atom is -0.0843 e. The molecule has 1 fully saturated rings. The highest BCUT2D eigenvalue weighted by Crippen LogP contribution is 2.47. The summed E-state index contributed by atoms with van der Waals surface area (Å²) in [5.41, 5.74) is 5.31. The largest absolute Gasteiger partial charge is 0.0843 e. The molecule has 2 aliphatic carbocycles. The molecule has 0 spiro atoms. The maximum absolute atomic E-state index is 5.94. The maximum atomic E-state index is 5.94. The predicted molar refractivity (Wildman–Crippen MR) is 111 cm³/mol. The van der Waals surface area contributed by atoms with Crippen molar-refractivity contribution in [1.82, 2.24) is 0 Å². The second-order valence-electron chi connectivity index (χ2n) is 8.04. The molecule has 0 radical (unpaired) electrons. The van der Waals surface area contributed by atoms with E-state index in [0.717, 1.165) is 33.9 Å². The molecule has 2 aliphatic rings. The normalized spacial score (nSPS) is 24.2. The molecule has 0 bridgehead atoms. The van der Waals surface area contributed by atoms with Gasteiger partial charge in [-0.3, -0.25) is 0 Å². The Labute approximate surface area is 163 Å². The molecule has 0 heterocycles. The monoisotopic (exact) mass is 362 g/mol. The van der Waals surface area contributed by atoms with Gasteiger partial charge in [0, 0.05) is 16.1 Å². The van der Waals surface area contributed by atoms with Gasteiger partial charge in [-0.2, -0.15) is 0 Å². The second-order valence-corrected chi connectivity index (χ2v) is 8.48. The third-order valence-corrected chi connectivity index (χ3v) is 6.56. The molecular weight excluding hydrogens is 336 g/mol. The highest BCUT2D eigenvalue weighted by Gasteiger charge is 2.34. The van der Waals surface area contributed by atoms with Crippen molar-refractivity contribution in [1.29, 1.82) is 0 Å². The van der Waals surface area contributed by atoms with Crippen LogP contribution in [-0.4, -0.2) is 0 Å². The van der Waals surface area contributed by atoms with E-state index in [4.69, 9.17) is 11.6 Å². The number of fused-ring (bicyclic) bond motifs is 3. The van der Waals surface area contributed by atoms with Gasteiger partial charge in [0.25, 0.3) is 0 Å². The molecule has 3 atom stereocenters. The lowest BCUT2D eigenvalue weighted by Gasteiger charge is -2.40. The van der Waals surface area contributed by atoms with Gasteiger partial charge in [-0.15, -0.1) is 0 Å². The highest BCUT2D eigenvalue weighted by molar-refractivity contribution is 6.30. The smallest absolute Gasteiger partial charge is 0.0406 e. The van der Waals surface area contributed by atoms with Gasteiger partial charge in [0.05, 0.1) is 0 Å². The zero-order valence-electron chi connectivity index (χ0n) is 15.6. The summed E-state index contributed by atoms with van der Waals surface area (Å²) in [6.45, 7) is 2.33. The Morgan fingerprint density at radius 3 is 2.54 bits per heavy atom. The van der Waals surface area contributed by atoms with Crippen LogP contribution in [0.15, 0.2) is 42.5 Å². The average molecular weight is 363 g/mol. The molecule has 0 unspecified atom stereocenters. The molecule has 4 rings (SSSR count). The van der Waals surface area contributed by atoms with E-state index in [-0.39, 0.29) is 0 Å². The van der Waals surface area contributed by atoms with Gasteiger partial charge >= 0.3 is 0 Å². The van der Waals surface area contributed by atoms with E-state index < -0.39 is 0 Å². The lowest BCUT2D eigenvalue weighted by atomic mass is 9.64. The molecule has 0 nitrogen and oxygen atoms in total. The van der Waals surface area contributed by atoms with E-state index in [1.807, 2.05) is 24.3 Å². The first kappa shape index (κ1) is 17.7. The molecule has 2 aromatic carbocycles. The molecule has 0 aromatic heterocycles. The summed E-state index contributed by atoms with van der Waals surface area (Å²) in [5.74, 6) is 9.29. The lowest BCUT2D eigenvalue weighted by molar-refractivity contribution is 0.201. The Kier molecular flexibility index (Phi) is 5.37. The maximum Gasteiger partial charge on any atom is 0.0406 e. The average Bonchev–Trinajstić information content (AvgIpc) is 2.67. The van der Waals surface area contributed by atoms with Crippen molar-refractivity contribution in [2.75, 3.05) is 0 Å². The van der Waals surface area contributed by atoms with Gasteiger partial charge in [-0.1, -0.05) is 49.3 Å². The number of benzene rings is 2. The lowest BCUT2D eigenvalue weighted by Crippen LogP contribution is -2.28. The van der Waals surface area contributed by atoms with Crippen LogP contribution in [0.2, 0.25) is 5.02 Å². The first-order valence-corrected chi connectivity index (χ1v) is 10.5. The van der Waals surface area contributed by atoms with E-state index >= 15 is 0 Å². The Bertz CT molecular complexity index is 821. The fourth-order valence-corrected chi connectivity index (χ4v) is 5.17.